The van der Waals surface area contributed by atoms with Crippen LogP contribution < -0.4 is 4.74 Å². The highest BCUT2D eigenvalue weighted by molar-refractivity contribution is 7.10. The number of amides is 1. The highest BCUT2D eigenvalue weighted by atomic mass is 32.1. The average molecular weight is 430 g/mol. The maximum Gasteiger partial charge on any atom is 0.295 e. The Labute approximate surface area is 180 Å². The Balaban J connectivity index is 2.04. The first kappa shape index (κ1) is 22.1. The summed E-state index contributed by atoms with van der Waals surface area (Å²) in [6, 6.07) is 8.41. The zero-order valence-corrected chi connectivity index (χ0v) is 18.5. The molecule has 1 N–H and O–H groups in total. The van der Waals surface area contributed by atoms with Crippen LogP contribution in [0.4, 0.5) is 0 Å². The van der Waals surface area contributed by atoms with Gasteiger partial charge >= 0.3 is 0 Å². The molecular weight excluding hydrogens is 402 g/mol. The fourth-order valence-electron chi connectivity index (χ4n) is 3.57. The predicted molar refractivity (Wildman–Crippen MR) is 117 cm³/mol. The topological polar surface area (TPSA) is 76.1 Å². The van der Waals surface area contributed by atoms with Gasteiger partial charge in [0, 0.05) is 30.7 Å². The Morgan fingerprint density at radius 3 is 2.63 bits per heavy atom. The van der Waals surface area contributed by atoms with Crippen LogP contribution in [0.2, 0.25) is 0 Å². The molecule has 0 aliphatic carbocycles. The maximum atomic E-state index is 12.9. The second-order valence-corrected chi connectivity index (χ2v) is 8.48. The van der Waals surface area contributed by atoms with Crippen LogP contribution in [0.1, 0.15) is 42.3 Å². The molecule has 0 saturated carbocycles. The Hall–Kier alpha value is -2.64. The van der Waals surface area contributed by atoms with Crippen LogP contribution in [0.25, 0.3) is 5.76 Å². The molecule has 1 saturated heterocycles. The number of benzene rings is 1. The standard InChI is InChI=1S/C23H27NO5S/c1-14(2)29-17-9-8-16(13-15(17)3)21(25)19-20(18-7-5-12-30-18)24(10-6-11-28-4)23(27)22(19)26/h5,7-9,12-14,20,25H,6,10-11H2,1-4H3/b21-19-. The maximum absolute atomic E-state index is 12.9. The fourth-order valence-corrected chi connectivity index (χ4v) is 4.42. The molecule has 1 fully saturated rings. The normalized spacial score (nSPS) is 18.4. The van der Waals surface area contributed by atoms with Crippen LogP contribution >= 0.6 is 11.3 Å². The summed E-state index contributed by atoms with van der Waals surface area (Å²) < 4.78 is 10.8. The minimum Gasteiger partial charge on any atom is -0.507 e. The number of Topliss-reactive ketones (excluding diaryl/α,β-unsaturated/α-hetero) is 1. The first-order valence-corrected chi connectivity index (χ1v) is 10.8. The Kier molecular flexibility index (Phi) is 6.95. The largest absolute Gasteiger partial charge is 0.507 e. The van der Waals surface area contributed by atoms with Gasteiger partial charge in [0.2, 0.25) is 0 Å². The molecule has 1 aromatic heterocycles. The van der Waals surface area contributed by atoms with E-state index >= 15 is 0 Å². The molecule has 2 heterocycles. The summed E-state index contributed by atoms with van der Waals surface area (Å²) in [7, 11) is 1.60. The van der Waals surface area contributed by atoms with E-state index in [1.807, 2.05) is 38.3 Å². The average Bonchev–Trinajstić information content (AvgIpc) is 3.31. The van der Waals surface area contributed by atoms with Crippen molar-refractivity contribution in [3.05, 3.63) is 57.3 Å². The summed E-state index contributed by atoms with van der Waals surface area (Å²) in [4.78, 5) is 28.0. The number of carbonyl (C=O) groups excluding carboxylic acids is 2. The first-order valence-electron chi connectivity index (χ1n) is 9.93. The van der Waals surface area contributed by atoms with Gasteiger partial charge in [0.1, 0.15) is 11.5 Å². The van der Waals surface area contributed by atoms with Gasteiger partial charge in [-0.2, -0.15) is 0 Å². The van der Waals surface area contributed by atoms with E-state index in [0.717, 1.165) is 16.2 Å². The second-order valence-electron chi connectivity index (χ2n) is 7.50. The lowest BCUT2D eigenvalue weighted by molar-refractivity contribution is -0.140. The third kappa shape index (κ3) is 4.42. The van der Waals surface area contributed by atoms with Crippen molar-refractivity contribution in [2.75, 3.05) is 20.3 Å². The van der Waals surface area contributed by atoms with Gasteiger partial charge in [-0.05, 0) is 62.4 Å². The van der Waals surface area contributed by atoms with Gasteiger partial charge < -0.3 is 19.5 Å². The summed E-state index contributed by atoms with van der Waals surface area (Å²) in [6.45, 7) is 6.63. The quantitative estimate of drug-likeness (QED) is 0.293. The van der Waals surface area contributed by atoms with E-state index in [2.05, 4.69) is 0 Å². The number of nitrogens with zero attached hydrogens (tertiary/aromatic N) is 1. The number of hydrogen-bond donors (Lipinski definition) is 1. The minimum atomic E-state index is -0.663. The van der Waals surface area contributed by atoms with Gasteiger partial charge in [-0.1, -0.05) is 6.07 Å². The SMILES string of the molecule is COCCCN1C(=O)C(=O)/C(=C(\O)c2ccc(OC(C)C)c(C)c2)C1c1cccs1. The van der Waals surface area contributed by atoms with Crippen LogP contribution in [0.15, 0.2) is 41.3 Å². The molecule has 6 nitrogen and oxygen atoms in total. The van der Waals surface area contributed by atoms with Crippen molar-refractivity contribution in [3.8, 4) is 5.75 Å². The van der Waals surface area contributed by atoms with Crippen LogP contribution in [0.5, 0.6) is 5.75 Å². The third-order valence-corrected chi connectivity index (χ3v) is 5.84. The van der Waals surface area contributed by atoms with Gasteiger partial charge in [0.05, 0.1) is 17.7 Å². The van der Waals surface area contributed by atoms with Gasteiger partial charge in [-0.25, -0.2) is 0 Å². The van der Waals surface area contributed by atoms with Crippen LogP contribution in [0, 0.1) is 6.92 Å². The Bertz CT molecular complexity index is 949. The number of aryl methyl sites for hydroxylation is 1. The molecule has 0 radical (unpaired) electrons. The third-order valence-electron chi connectivity index (χ3n) is 4.91. The molecule has 1 amide bonds. The molecule has 1 unspecified atom stereocenters. The summed E-state index contributed by atoms with van der Waals surface area (Å²) in [5.74, 6) is -0.706. The van der Waals surface area contributed by atoms with Crippen LogP contribution in [-0.4, -0.2) is 48.1 Å². The fraction of sp³-hybridized carbons (Fsp3) is 0.391. The molecule has 0 spiro atoms. The molecule has 0 bridgehead atoms. The van der Waals surface area contributed by atoms with Gasteiger partial charge in [-0.15, -0.1) is 11.3 Å². The van der Waals surface area contributed by atoms with Crippen molar-refractivity contribution in [1.29, 1.82) is 0 Å². The zero-order chi connectivity index (χ0) is 21.8. The molecule has 1 atom stereocenters. The van der Waals surface area contributed by atoms with E-state index in [9.17, 15) is 14.7 Å². The number of methoxy groups -OCH3 is 1. The highest BCUT2D eigenvalue weighted by Gasteiger charge is 2.46. The van der Waals surface area contributed by atoms with Crippen molar-refractivity contribution in [1.82, 2.24) is 4.90 Å². The van der Waals surface area contributed by atoms with Crippen LogP contribution in [0.3, 0.4) is 0 Å². The summed E-state index contributed by atoms with van der Waals surface area (Å²) >= 11 is 1.45. The van der Waals surface area contributed by atoms with Crippen LogP contribution in [-0.2, 0) is 14.3 Å². The van der Waals surface area contributed by atoms with E-state index in [0.29, 0.717) is 25.1 Å². The second kappa shape index (κ2) is 9.45. The number of ketones is 1. The van der Waals surface area contributed by atoms with Gasteiger partial charge in [-0.3, -0.25) is 9.59 Å². The summed E-state index contributed by atoms with van der Waals surface area (Å²) in [5.41, 5.74) is 1.45. The van der Waals surface area contributed by atoms with E-state index < -0.39 is 17.7 Å². The predicted octanol–water partition coefficient (Wildman–Crippen LogP) is 4.30. The van der Waals surface area contributed by atoms with Crippen molar-refractivity contribution in [2.24, 2.45) is 0 Å². The van der Waals surface area contributed by atoms with Crippen molar-refractivity contribution < 1.29 is 24.2 Å². The Morgan fingerprint density at radius 1 is 1.27 bits per heavy atom. The molecule has 1 aromatic carbocycles. The molecule has 1 aliphatic heterocycles. The zero-order valence-electron chi connectivity index (χ0n) is 17.7. The van der Waals surface area contributed by atoms with E-state index in [1.165, 1.54) is 16.2 Å². The molecule has 160 valence electrons. The summed E-state index contributed by atoms with van der Waals surface area (Å²) in [6.07, 6.45) is 0.630. The van der Waals surface area contributed by atoms with E-state index in [-0.39, 0.29) is 17.4 Å². The number of hydrogen-bond acceptors (Lipinski definition) is 6. The number of aliphatic hydroxyl groups is 1. The van der Waals surface area contributed by atoms with E-state index in [1.54, 1.807) is 25.3 Å². The lowest BCUT2D eigenvalue weighted by Crippen LogP contribution is -2.31. The van der Waals surface area contributed by atoms with Crippen molar-refractivity contribution >= 4 is 28.8 Å². The molecule has 30 heavy (non-hydrogen) atoms. The number of rotatable bonds is 8. The lowest BCUT2D eigenvalue weighted by atomic mass is 9.98. The minimum absolute atomic E-state index is 0.0272. The number of carbonyl (C=O) groups is 2. The van der Waals surface area contributed by atoms with E-state index in [4.69, 9.17) is 9.47 Å². The molecule has 2 aromatic rings. The van der Waals surface area contributed by atoms with Gasteiger partial charge in [0.25, 0.3) is 11.7 Å². The first-order chi connectivity index (χ1) is 14.3. The number of likely N-dealkylation sites (tertiary alicyclic amines) is 1. The summed E-state index contributed by atoms with van der Waals surface area (Å²) in [5, 5.41) is 13.0. The molecular formula is C23H27NO5S. The van der Waals surface area contributed by atoms with Gasteiger partial charge in [0.15, 0.2) is 0 Å². The monoisotopic (exact) mass is 429 g/mol. The number of aliphatic hydroxyl groups excluding tert-OH is 1. The smallest absolute Gasteiger partial charge is 0.295 e. The number of ether oxygens (including phenoxy) is 2. The Morgan fingerprint density at radius 2 is 2.03 bits per heavy atom. The molecule has 3 rings (SSSR count). The lowest BCUT2D eigenvalue weighted by Gasteiger charge is -2.24. The van der Waals surface area contributed by atoms with Crippen molar-refractivity contribution in [3.63, 3.8) is 0 Å². The number of thiophene rings is 1. The molecule has 1 aliphatic rings. The molecule has 7 heteroatoms. The highest BCUT2D eigenvalue weighted by Crippen LogP contribution is 2.41. The van der Waals surface area contributed by atoms with Crippen molar-refractivity contribution in [2.45, 2.75) is 39.3 Å².